The standard InChI is InChI=1S/C25H30FN3O3/c26-20-9-7-18(8-10-20)17-29-13-11-19(12-14-29)24(30)28-23-6-2-1-5-22(23)25(31)27-16-21-4-3-15-32-21/h1-2,5-10,19,21H,3-4,11-17H2,(H,27,31)(H,28,30)/t21-/m1/s1. The summed E-state index contributed by atoms with van der Waals surface area (Å²) in [6.07, 6.45) is 3.55. The quantitative estimate of drug-likeness (QED) is 0.692. The molecule has 32 heavy (non-hydrogen) atoms. The van der Waals surface area contributed by atoms with Gasteiger partial charge in [-0.05, 0) is 68.6 Å². The number of hydrogen-bond acceptors (Lipinski definition) is 4. The number of hydrogen-bond donors (Lipinski definition) is 2. The highest BCUT2D eigenvalue weighted by Gasteiger charge is 2.26. The SMILES string of the molecule is O=C(NC[C@H]1CCCO1)c1ccccc1NC(=O)C1CCN(Cc2ccc(F)cc2)CC1. The number of carbonyl (C=O) groups excluding carboxylic acids is 2. The summed E-state index contributed by atoms with van der Waals surface area (Å²) >= 11 is 0. The number of carbonyl (C=O) groups is 2. The number of para-hydroxylation sites is 1. The van der Waals surface area contributed by atoms with Gasteiger partial charge >= 0.3 is 0 Å². The first kappa shape index (κ1) is 22.4. The molecule has 2 aliphatic heterocycles. The summed E-state index contributed by atoms with van der Waals surface area (Å²) < 4.78 is 18.6. The van der Waals surface area contributed by atoms with Crippen molar-refractivity contribution in [3.63, 3.8) is 0 Å². The first-order chi connectivity index (χ1) is 15.6. The van der Waals surface area contributed by atoms with Crippen molar-refractivity contribution in [2.75, 3.05) is 31.6 Å². The molecule has 2 saturated heterocycles. The minimum Gasteiger partial charge on any atom is -0.376 e. The summed E-state index contributed by atoms with van der Waals surface area (Å²) in [6.45, 7) is 3.59. The lowest BCUT2D eigenvalue weighted by Crippen LogP contribution is -2.38. The normalized spacial score (nSPS) is 19.6. The van der Waals surface area contributed by atoms with Crippen molar-refractivity contribution in [1.29, 1.82) is 0 Å². The molecule has 6 nitrogen and oxygen atoms in total. The third-order valence-corrected chi connectivity index (χ3v) is 6.22. The van der Waals surface area contributed by atoms with Crippen LogP contribution in [0.2, 0.25) is 0 Å². The number of benzene rings is 2. The lowest BCUT2D eigenvalue weighted by molar-refractivity contribution is -0.121. The van der Waals surface area contributed by atoms with Gasteiger partial charge in [-0.1, -0.05) is 24.3 Å². The number of likely N-dealkylation sites (tertiary alicyclic amines) is 1. The van der Waals surface area contributed by atoms with E-state index in [1.807, 2.05) is 6.07 Å². The molecule has 2 fully saturated rings. The van der Waals surface area contributed by atoms with Crippen LogP contribution in [0.3, 0.4) is 0 Å². The number of piperidine rings is 1. The highest BCUT2D eigenvalue weighted by molar-refractivity contribution is 6.04. The van der Waals surface area contributed by atoms with E-state index in [2.05, 4.69) is 15.5 Å². The zero-order chi connectivity index (χ0) is 22.3. The lowest BCUT2D eigenvalue weighted by Gasteiger charge is -2.31. The minimum absolute atomic E-state index is 0.0502. The van der Waals surface area contributed by atoms with Gasteiger partial charge < -0.3 is 15.4 Å². The van der Waals surface area contributed by atoms with Gasteiger partial charge in [-0.15, -0.1) is 0 Å². The van der Waals surface area contributed by atoms with Gasteiger partial charge in [-0.2, -0.15) is 0 Å². The maximum atomic E-state index is 13.1. The first-order valence-corrected chi connectivity index (χ1v) is 11.3. The van der Waals surface area contributed by atoms with Gasteiger partial charge in [-0.3, -0.25) is 14.5 Å². The van der Waals surface area contributed by atoms with E-state index in [1.165, 1.54) is 12.1 Å². The Morgan fingerprint density at radius 3 is 2.50 bits per heavy atom. The molecular weight excluding hydrogens is 409 g/mol. The van der Waals surface area contributed by atoms with E-state index >= 15 is 0 Å². The molecule has 0 saturated carbocycles. The van der Waals surface area contributed by atoms with Gasteiger partial charge in [-0.25, -0.2) is 4.39 Å². The Bertz CT molecular complexity index is 920. The molecule has 4 rings (SSSR count). The summed E-state index contributed by atoms with van der Waals surface area (Å²) in [6, 6.07) is 13.7. The molecule has 0 aliphatic carbocycles. The molecule has 170 valence electrons. The number of amides is 2. The zero-order valence-electron chi connectivity index (χ0n) is 18.2. The summed E-state index contributed by atoms with van der Waals surface area (Å²) in [7, 11) is 0. The lowest BCUT2D eigenvalue weighted by atomic mass is 9.95. The van der Waals surface area contributed by atoms with E-state index in [9.17, 15) is 14.0 Å². The van der Waals surface area contributed by atoms with E-state index in [-0.39, 0.29) is 29.7 Å². The molecule has 0 bridgehead atoms. The predicted octanol–water partition coefficient (Wildman–Crippen LogP) is 3.59. The van der Waals surface area contributed by atoms with E-state index < -0.39 is 0 Å². The Morgan fingerprint density at radius 2 is 1.78 bits per heavy atom. The molecule has 2 aromatic carbocycles. The second-order valence-corrected chi connectivity index (χ2v) is 8.56. The molecule has 2 heterocycles. The van der Waals surface area contributed by atoms with Gasteiger partial charge in [0.05, 0.1) is 17.4 Å². The van der Waals surface area contributed by atoms with Crippen LogP contribution in [-0.2, 0) is 16.1 Å². The van der Waals surface area contributed by atoms with Crippen LogP contribution in [0.15, 0.2) is 48.5 Å². The average molecular weight is 440 g/mol. The molecule has 1 atom stereocenters. The second-order valence-electron chi connectivity index (χ2n) is 8.56. The second kappa shape index (κ2) is 10.7. The first-order valence-electron chi connectivity index (χ1n) is 11.3. The largest absolute Gasteiger partial charge is 0.376 e. The molecule has 0 unspecified atom stereocenters. The Labute approximate surface area is 188 Å². The Hall–Kier alpha value is -2.77. The van der Waals surface area contributed by atoms with E-state index in [0.29, 0.717) is 17.8 Å². The molecule has 2 aliphatic rings. The molecule has 0 spiro atoms. The summed E-state index contributed by atoms with van der Waals surface area (Å²) in [5.41, 5.74) is 2.07. The maximum absolute atomic E-state index is 13.1. The van der Waals surface area contributed by atoms with Crippen LogP contribution in [0.1, 0.15) is 41.6 Å². The van der Waals surface area contributed by atoms with E-state index in [0.717, 1.165) is 57.5 Å². The Morgan fingerprint density at radius 1 is 1.03 bits per heavy atom. The van der Waals surface area contributed by atoms with Crippen molar-refractivity contribution in [2.45, 2.75) is 38.3 Å². The zero-order valence-corrected chi connectivity index (χ0v) is 18.2. The maximum Gasteiger partial charge on any atom is 0.253 e. The fourth-order valence-corrected chi connectivity index (χ4v) is 4.33. The highest BCUT2D eigenvalue weighted by atomic mass is 19.1. The Balaban J connectivity index is 1.28. The van der Waals surface area contributed by atoms with Crippen LogP contribution in [0, 0.1) is 11.7 Å². The van der Waals surface area contributed by atoms with E-state index in [4.69, 9.17) is 4.74 Å². The number of ether oxygens (including phenoxy) is 1. The topological polar surface area (TPSA) is 70.7 Å². The molecule has 7 heteroatoms. The third kappa shape index (κ3) is 5.93. The smallest absolute Gasteiger partial charge is 0.253 e. The minimum atomic E-state index is -0.232. The molecule has 2 amide bonds. The highest BCUT2D eigenvalue weighted by Crippen LogP contribution is 2.23. The van der Waals surface area contributed by atoms with Crippen molar-refractivity contribution in [3.8, 4) is 0 Å². The van der Waals surface area contributed by atoms with Gasteiger partial charge in [0.1, 0.15) is 5.82 Å². The monoisotopic (exact) mass is 439 g/mol. The summed E-state index contributed by atoms with van der Waals surface area (Å²) in [4.78, 5) is 27.8. The van der Waals surface area contributed by atoms with Crippen molar-refractivity contribution in [1.82, 2.24) is 10.2 Å². The number of rotatable bonds is 7. The van der Waals surface area contributed by atoms with Crippen molar-refractivity contribution in [3.05, 3.63) is 65.5 Å². The van der Waals surface area contributed by atoms with Gasteiger partial charge in [0.2, 0.25) is 5.91 Å². The fourth-order valence-electron chi connectivity index (χ4n) is 4.33. The van der Waals surface area contributed by atoms with Gasteiger partial charge in [0.25, 0.3) is 5.91 Å². The number of nitrogens with one attached hydrogen (secondary N) is 2. The van der Waals surface area contributed by atoms with Gasteiger partial charge in [0, 0.05) is 25.6 Å². The van der Waals surface area contributed by atoms with Crippen molar-refractivity contribution >= 4 is 17.5 Å². The summed E-state index contributed by atoms with van der Waals surface area (Å²) in [5.74, 6) is -0.580. The van der Waals surface area contributed by atoms with Crippen molar-refractivity contribution in [2.24, 2.45) is 5.92 Å². The number of halogens is 1. The van der Waals surface area contributed by atoms with Crippen LogP contribution < -0.4 is 10.6 Å². The molecule has 0 aromatic heterocycles. The predicted molar refractivity (Wildman–Crippen MR) is 121 cm³/mol. The third-order valence-electron chi connectivity index (χ3n) is 6.22. The molecule has 0 radical (unpaired) electrons. The van der Waals surface area contributed by atoms with Crippen LogP contribution >= 0.6 is 0 Å². The number of anilines is 1. The van der Waals surface area contributed by atoms with Crippen LogP contribution in [0.4, 0.5) is 10.1 Å². The number of nitrogens with zero attached hydrogens (tertiary/aromatic N) is 1. The van der Waals surface area contributed by atoms with Crippen LogP contribution in [-0.4, -0.2) is 49.1 Å². The average Bonchev–Trinajstić information content (AvgIpc) is 3.33. The summed E-state index contributed by atoms with van der Waals surface area (Å²) in [5, 5.41) is 5.89. The molecular formula is C25H30FN3O3. The molecule has 2 aromatic rings. The van der Waals surface area contributed by atoms with Crippen LogP contribution in [0.5, 0.6) is 0 Å². The van der Waals surface area contributed by atoms with Crippen molar-refractivity contribution < 1.29 is 18.7 Å². The van der Waals surface area contributed by atoms with Gasteiger partial charge in [0.15, 0.2) is 0 Å². The fraction of sp³-hybridized carbons (Fsp3) is 0.440. The molecule has 2 N–H and O–H groups in total. The Kier molecular flexibility index (Phi) is 7.50. The van der Waals surface area contributed by atoms with Crippen LogP contribution in [0.25, 0.3) is 0 Å². The van der Waals surface area contributed by atoms with E-state index in [1.54, 1.807) is 30.3 Å².